The SMILES string of the molecule is O=C(NCC1(c2cccs2)CCCCC1)N[C@@H]1C=C[C@H](CO)C1. The van der Waals surface area contributed by atoms with Gasteiger partial charge in [-0.3, -0.25) is 0 Å². The highest BCUT2D eigenvalue weighted by molar-refractivity contribution is 7.10. The van der Waals surface area contributed by atoms with Gasteiger partial charge in [0.25, 0.3) is 0 Å². The number of rotatable bonds is 5. The molecule has 3 N–H and O–H groups in total. The minimum atomic E-state index is -0.0975. The zero-order valence-corrected chi connectivity index (χ0v) is 14.3. The molecule has 0 saturated heterocycles. The topological polar surface area (TPSA) is 61.4 Å². The molecule has 1 aromatic heterocycles. The second-order valence-electron chi connectivity index (χ2n) is 6.82. The average molecular weight is 334 g/mol. The smallest absolute Gasteiger partial charge is 0.315 e. The maximum absolute atomic E-state index is 12.2. The predicted molar refractivity (Wildman–Crippen MR) is 93.7 cm³/mol. The Morgan fingerprint density at radius 1 is 1.30 bits per heavy atom. The van der Waals surface area contributed by atoms with Crippen molar-refractivity contribution in [3.63, 3.8) is 0 Å². The van der Waals surface area contributed by atoms with Crippen LogP contribution in [0.25, 0.3) is 0 Å². The third kappa shape index (κ3) is 3.96. The van der Waals surface area contributed by atoms with Crippen LogP contribution in [0.1, 0.15) is 43.4 Å². The third-order valence-corrected chi connectivity index (χ3v) is 6.28. The number of aliphatic hydroxyl groups excluding tert-OH is 1. The molecule has 1 aromatic rings. The fourth-order valence-electron chi connectivity index (χ4n) is 3.81. The first-order valence-corrected chi connectivity index (χ1v) is 9.47. The summed E-state index contributed by atoms with van der Waals surface area (Å²) in [5.74, 6) is 0.177. The molecule has 2 atom stereocenters. The number of carbonyl (C=O) groups excluding carboxylic acids is 1. The van der Waals surface area contributed by atoms with Crippen LogP contribution >= 0.6 is 11.3 Å². The van der Waals surface area contributed by atoms with Crippen LogP contribution in [-0.2, 0) is 5.41 Å². The Bertz CT molecular complexity index is 535. The maximum Gasteiger partial charge on any atom is 0.315 e. The van der Waals surface area contributed by atoms with Crippen molar-refractivity contribution in [3.8, 4) is 0 Å². The second-order valence-corrected chi connectivity index (χ2v) is 7.76. The summed E-state index contributed by atoms with van der Waals surface area (Å²) in [5, 5.41) is 17.4. The Hall–Kier alpha value is -1.33. The van der Waals surface area contributed by atoms with E-state index in [-0.39, 0.29) is 30.0 Å². The lowest BCUT2D eigenvalue weighted by Gasteiger charge is -2.37. The summed E-state index contributed by atoms with van der Waals surface area (Å²) in [7, 11) is 0. The minimum Gasteiger partial charge on any atom is -0.396 e. The van der Waals surface area contributed by atoms with Crippen molar-refractivity contribution in [2.24, 2.45) is 5.92 Å². The van der Waals surface area contributed by atoms with Crippen molar-refractivity contribution < 1.29 is 9.90 Å². The van der Waals surface area contributed by atoms with E-state index in [1.165, 1.54) is 24.1 Å². The number of amides is 2. The lowest BCUT2D eigenvalue weighted by molar-refractivity contribution is 0.224. The zero-order valence-electron chi connectivity index (χ0n) is 13.5. The van der Waals surface area contributed by atoms with Gasteiger partial charge in [-0.15, -0.1) is 11.3 Å². The molecule has 3 rings (SSSR count). The lowest BCUT2D eigenvalue weighted by atomic mass is 9.73. The molecule has 5 heteroatoms. The summed E-state index contributed by atoms with van der Waals surface area (Å²) in [5.41, 5.74) is 0.114. The van der Waals surface area contributed by atoms with E-state index in [1.54, 1.807) is 11.3 Å². The minimum absolute atomic E-state index is 0.0381. The van der Waals surface area contributed by atoms with E-state index < -0.39 is 0 Å². The Balaban J connectivity index is 1.55. The van der Waals surface area contributed by atoms with Crippen LogP contribution in [0, 0.1) is 5.92 Å². The lowest BCUT2D eigenvalue weighted by Crippen LogP contribution is -2.47. The van der Waals surface area contributed by atoms with Gasteiger partial charge in [0.2, 0.25) is 0 Å². The summed E-state index contributed by atoms with van der Waals surface area (Å²) in [6.45, 7) is 0.858. The van der Waals surface area contributed by atoms with Gasteiger partial charge < -0.3 is 15.7 Å². The van der Waals surface area contributed by atoms with Gasteiger partial charge in [0, 0.05) is 35.4 Å². The number of nitrogens with one attached hydrogen (secondary N) is 2. The van der Waals surface area contributed by atoms with E-state index in [2.05, 4.69) is 28.1 Å². The van der Waals surface area contributed by atoms with Crippen molar-refractivity contribution >= 4 is 17.4 Å². The molecule has 0 spiro atoms. The molecule has 2 amide bonds. The van der Waals surface area contributed by atoms with Crippen LogP contribution < -0.4 is 10.6 Å². The van der Waals surface area contributed by atoms with Crippen LogP contribution in [0.2, 0.25) is 0 Å². The van der Waals surface area contributed by atoms with Crippen LogP contribution in [0.3, 0.4) is 0 Å². The zero-order chi connectivity index (χ0) is 16.1. The molecule has 126 valence electrons. The Morgan fingerprint density at radius 2 is 2.13 bits per heavy atom. The summed E-state index contributed by atoms with van der Waals surface area (Å²) >= 11 is 1.81. The molecule has 2 aliphatic carbocycles. The Labute approximate surface area is 142 Å². The fourth-order valence-corrected chi connectivity index (χ4v) is 4.79. The first kappa shape index (κ1) is 16.5. The number of hydrogen-bond acceptors (Lipinski definition) is 3. The van der Waals surface area contributed by atoms with Gasteiger partial charge in [0.05, 0.1) is 0 Å². The highest BCUT2D eigenvalue weighted by Crippen LogP contribution is 2.41. The van der Waals surface area contributed by atoms with Crippen LogP contribution in [0.4, 0.5) is 4.79 Å². The molecule has 1 saturated carbocycles. The molecule has 1 heterocycles. The highest BCUT2D eigenvalue weighted by atomic mass is 32.1. The normalized spacial score (nSPS) is 26.1. The largest absolute Gasteiger partial charge is 0.396 e. The molecular weight excluding hydrogens is 308 g/mol. The molecular formula is C18H26N2O2S. The summed E-state index contributed by atoms with van der Waals surface area (Å²) < 4.78 is 0. The van der Waals surface area contributed by atoms with E-state index in [4.69, 9.17) is 5.11 Å². The summed E-state index contributed by atoms with van der Waals surface area (Å²) in [6, 6.07) is 4.26. The second kappa shape index (κ2) is 7.49. The third-order valence-electron chi connectivity index (χ3n) is 5.17. The van der Waals surface area contributed by atoms with Gasteiger partial charge in [0.1, 0.15) is 0 Å². The molecule has 4 nitrogen and oxygen atoms in total. The van der Waals surface area contributed by atoms with Gasteiger partial charge in [-0.2, -0.15) is 0 Å². The Kier molecular flexibility index (Phi) is 5.38. The number of hydrogen-bond donors (Lipinski definition) is 3. The Morgan fingerprint density at radius 3 is 2.78 bits per heavy atom. The van der Waals surface area contributed by atoms with E-state index in [1.807, 2.05) is 12.2 Å². The molecule has 0 unspecified atom stereocenters. The molecule has 0 aliphatic heterocycles. The summed E-state index contributed by atoms with van der Waals surface area (Å²) in [6.07, 6.45) is 10.9. The molecule has 1 fully saturated rings. The number of urea groups is 1. The number of thiophene rings is 1. The van der Waals surface area contributed by atoms with E-state index in [0.29, 0.717) is 6.54 Å². The van der Waals surface area contributed by atoms with Gasteiger partial charge in [-0.25, -0.2) is 4.79 Å². The van der Waals surface area contributed by atoms with Crippen molar-refractivity contribution in [2.75, 3.05) is 13.2 Å². The molecule has 2 aliphatic rings. The van der Waals surface area contributed by atoms with Gasteiger partial charge in [0.15, 0.2) is 0 Å². The van der Waals surface area contributed by atoms with Crippen molar-refractivity contribution in [2.45, 2.75) is 50.0 Å². The number of aliphatic hydroxyl groups is 1. The maximum atomic E-state index is 12.2. The predicted octanol–water partition coefficient (Wildman–Crippen LogP) is 3.19. The van der Waals surface area contributed by atoms with E-state index >= 15 is 0 Å². The molecule has 0 aromatic carbocycles. The van der Waals surface area contributed by atoms with E-state index in [0.717, 1.165) is 19.3 Å². The standard InChI is InChI=1S/C18H26N2O2S/c21-12-14-6-7-15(11-14)20-17(22)19-13-18(8-2-1-3-9-18)16-5-4-10-23-16/h4-7,10,14-15,21H,1-3,8-9,11-13H2,(H2,19,20,22)/t14-,15+/m0/s1. The fraction of sp³-hybridized carbons (Fsp3) is 0.611. The van der Waals surface area contributed by atoms with Crippen molar-refractivity contribution in [1.82, 2.24) is 10.6 Å². The van der Waals surface area contributed by atoms with Gasteiger partial charge in [-0.05, 0) is 30.7 Å². The van der Waals surface area contributed by atoms with Crippen LogP contribution in [0.5, 0.6) is 0 Å². The van der Waals surface area contributed by atoms with Crippen LogP contribution in [-0.4, -0.2) is 30.3 Å². The molecule has 0 radical (unpaired) electrons. The molecule has 23 heavy (non-hydrogen) atoms. The molecule has 0 bridgehead atoms. The first-order chi connectivity index (χ1) is 11.2. The van der Waals surface area contributed by atoms with E-state index in [9.17, 15) is 4.79 Å². The van der Waals surface area contributed by atoms with Crippen molar-refractivity contribution in [3.05, 3.63) is 34.5 Å². The summed E-state index contributed by atoms with van der Waals surface area (Å²) in [4.78, 5) is 13.6. The monoisotopic (exact) mass is 334 g/mol. The highest BCUT2D eigenvalue weighted by Gasteiger charge is 2.35. The first-order valence-electron chi connectivity index (χ1n) is 8.59. The quantitative estimate of drug-likeness (QED) is 0.724. The number of carbonyl (C=O) groups is 1. The average Bonchev–Trinajstić information content (AvgIpc) is 3.26. The van der Waals surface area contributed by atoms with Gasteiger partial charge >= 0.3 is 6.03 Å². The van der Waals surface area contributed by atoms with Crippen molar-refractivity contribution in [1.29, 1.82) is 0 Å². The van der Waals surface area contributed by atoms with Crippen LogP contribution in [0.15, 0.2) is 29.7 Å². The van der Waals surface area contributed by atoms with Gasteiger partial charge in [-0.1, -0.05) is 37.5 Å².